The fourth-order valence-corrected chi connectivity index (χ4v) is 4.75. The van der Waals surface area contributed by atoms with Gasteiger partial charge >= 0.3 is 0 Å². The van der Waals surface area contributed by atoms with Crippen LogP contribution in [0.25, 0.3) is 5.76 Å². The zero-order chi connectivity index (χ0) is 29.6. The summed E-state index contributed by atoms with van der Waals surface area (Å²) in [6.07, 6.45) is -11.9. The largest absolute Gasteiger partial charge is 0.508 e. The minimum absolute atomic E-state index is 0.0798. The van der Waals surface area contributed by atoms with Gasteiger partial charge in [0.05, 0.1) is 13.2 Å². The first-order valence-corrected chi connectivity index (χ1v) is 12.6. The first kappa shape index (κ1) is 29.1. The molecule has 1 unspecified atom stereocenters. The van der Waals surface area contributed by atoms with Crippen LogP contribution >= 0.6 is 0 Å². The second-order valence-electron chi connectivity index (χ2n) is 9.83. The Bertz CT molecular complexity index is 1270. The number of hydrogen-bond acceptors (Lipinski definition) is 15. The van der Waals surface area contributed by atoms with Crippen molar-refractivity contribution in [3.63, 3.8) is 0 Å². The van der Waals surface area contributed by atoms with E-state index in [4.69, 9.17) is 23.7 Å². The molecule has 0 saturated carbocycles. The quantitative estimate of drug-likeness (QED) is 0.167. The molecule has 0 amide bonds. The highest BCUT2D eigenvalue weighted by molar-refractivity contribution is 5.70. The molecule has 4 aliphatic rings. The van der Waals surface area contributed by atoms with Gasteiger partial charge in [0.2, 0.25) is 6.29 Å². The van der Waals surface area contributed by atoms with Crippen LogP contribution in [0.4, 0.5) is 0 Å². The fraction of sp³-hybridized carbons (Fsp3) is 0.462. The number of aliphatic hydroxyl groups is 8. The monoisotopic (exact) mass is 582 g/mol. The van der Waals surface area contributed by atoms with Gasteiger partial charge in [0.1, 0.15) is 54.2 Å². The van der Waals surface area contributed by atoms with Crippen LogP contribution in [0.2, 0.25) is 0 Å². The Morgan fingerprint density at radius 1 is 0.854 bits per heavy atom. The molecule has 0 aromatic heterocycles. The SMILES string of the molecule is OC[C@H]1O[C@@H](OC2=C(c3ccc(O)c(O)c3)OC3C=C(O)C=C(O)C3=C2)[C@H](O[C@@H]2OC[C@@H](O)[C@H](O)[C@H]2O)[C@@H](O)[C@H]1O. The molecule has 15 nitrogen and oxygen atoms in total. The second-order valence-corrected chi connectivity index (χ2v) is 9.83. The van der Waals surface area contributed by atoms with E-state index in [0.29, 0.717) is 0 Å². The van der Waals surface area contributed by atoms with E-state index >= 15 is 0 Å². The second kappa shape index (κ2) is 11.5. The van der Waals surface area contributed by atoms with Crippen LogP contribution in [-0.4, -0.2) is 126 Å². The summed E-state index contributed by atoms with van der Waals surface area (Å²) in [7, 11) is 0. The number of hydrogen-bond donors (Lipinski definition) is 10. The molecule has 3 aliphatic heterocycles. The van der Waals surface area contributed by atoms with E-state index in [0.717, 1.165) is 12.1 Å². The summed E-state index contributed by atoms with van der Waals surface area (Å²) in [5.74, 6) is -1.83. The van der Waals surface area contributed by atoms with E-state index in [1.54, 1.807) is 0 Å². The van der Waals surface area contributed by atoms with Gasteiger partial charge in [-0.2, -0.15) is 0 Å². The maximum absolute atomic E-state index is 10.9. The van der Waals surface area contributed by atoms with Crippen LogP contribution in [-0.2, 0) is 23.7 Å². The molecule has 3 heterocycles. The Morgan fingerprint density at radius 2 is 1.61 bits per heavy atom. The summed E-state index contributed by atoms with van der Waals surface area (Å²) in [6, 6.07) is 3.70. The van der Waals surface area contributed by atoms with E-state index < -0.39 is 86.1 Å². The third kappa shape index (κ3) is 5.59. The van der Waals surface area contributed by atoms with Crippen molar-refractivity contribution >= 4 is 5.76 Å². The number of aliphatic hydroxyl groups excluding tert-OH is 8. The molecule has 224 valence electrons. The van der Waals surface area contributed by atoms with Gasteiger partial charge in [-0.3, -0.25) is 0 Å². The van der Waals surface area contributed by atoms with E-state index in [2.05, 4.69) is 0 Å². The zero-order valence-corrected chi connectivity index (χ0v) is 21.2. The molecule has 15 heteroatoms. The normalized spacial score (nSPS) is 37.4. The lowest BCUT2D eigenvalue weighted by atomic mass is 9.96. The van der Waals surface area contributed by atoms with Crippen LogP contribution in [0.15, 0.2) is 59.3 Å². The summed E-state index contributed by atoms with van der Waals surface area (Å²) in [4.78, 5) is 0. The van der Waals surface area contributed by atoms with Crippen molar-refractivity contribution in [2.24, 2.45) is 0 Å². The predicted molar refractivity (Wildman–Crippen MR) is 133 cm³/mol. The van der Waals surface area contributed by atoms with Crippen LogP contribution in [0.5, 0.6) is 11.5 Å². The molecule has 0 spiro atoms. The highest BCUT2D eigenvalue weighted by Crippen LogP contribution is 2.40. The molecule has 5 rings (SSSR count). The maximum Gasteiger partial charge on any atom is 0.229 e. The van der Waals surface area contributed by atoms with E-state index in [-0.39, 0.29) is 34.2 Å². The lowest BCUT2D eigenvalue weighted by molar-refractivity contribution is -0.351. The van der Waals surface area contributed by atoms with Gasteiger partial charge in [0.25, 0.3) is 0 Å². The molecule has 0 radical (unpaired) electrons. The maximum atomic E-state index is 10.9. The summed E-state index contributed by atoms with van der Waals surface area (Å²) < 4.78 is 28.6. The average Bonchev–Trinajstić information content (AvgIpc) is 2.94. The number of benzene rings is 1. The summed E-state index contributed by atoms with van der Waals surface area (Å²) >= 11 is 0. The van der Waals surface area contributed by atoms with Crippen molar-refractivity contribution in [1.29, 1.82) is 0 Å². The standard InChI is InChI=1S/C26H30O15/c27-7-18-20(34)21(35)24(41-25-22(36)19(33)15(32)8-37-25)26(40-18)39-17-6-11-13(30)4-10(28)5-16(11)38-23(17)9-1-2-12(29)14(31)3-9/h1-6,15-16,18-22,24-36H,7-8H2/t15-,16?,18-,19+,20+,21+,22-,24-,25+,26-/m1/s1. The molecule has 1 aromatic rings. The smallest absolute Gasteiger partial charge is 0.229 e. The fourth-order valence-electron chi connectivity index (χ4n) is 4.75. The van der Waals surface area contributed by atoms with Crippen LogP contribution < -0.4 is 0 Å². The molecule has 2 fully saturated rings. The molecule has 41 heavy (non-hydrogen) atoms. The lowest BCUT2D eigenvalue weighted by Gasteiger charge is -2.45. The Kier molecular flexibility index (Phi) is 8.15. The minimum atomic E-state index is -1.79. The Balaban J connectivity index is 1.53. The summed E-state index contributed by atoms with van der Waals surface area (Å²) in [6.45, 7) is -1.17. The highest BCUT2D eigenvalue weighted by atomic mass is 16.8. The number of rotatable bonds is 6. The van der Waals surface area contributed by atoms with Crippen LogP contribution in [0.1, 0.15) is 5.56 Å². The number of aromatic hydroxyl groups is 2. The van der Waals surface area contributed by atoms with Gasteiger partial charge in [-0.05, 0) is 24.3 Å². The van der Waals surface area contributed by atoms with E-state index in [1.807, 2.05) is 0 Å². The molecule has 10 N–H and O–H groups in total. The molecule has 1 aromatic carbocycles. The number of phenolic OH excluding ortho intramolecular Hbond substituents is 2. The van der Waals surface area contributed by atoms with Gasteiger partial charge in [-0.15, -0.1) is 0 Å². The molecule has 2 saturated heterocycles. The zero-order valence-electron chi connectivity index (χ0n) is 21.2. The van der Waals surface area contributed by atoms with Crippen molar-refractivity contribution in [3.8, 4) is 11.5 Å². The van der Waals surface area contributed by atoms with Crippen LogP contribution in [0, 0.1) is 0 Å². The van der Waals surface area contributed by atoms with E-state index in [9.17, 15) is 51.1 Å². The third-order valence-electron chi connectivity index (χ3n) is 7.01. The van der Waals surface area contributed by atoms with Crippen LogP contribution in [0.3, 0.4) is 0 Å². The molecular weight excluding hydrogens is 552 g/mol. The lowest BCUT2D eigenvalue weighted by Crippen LogP contribution is -2.63. The number of phenols is 2. The van der Waals surface area contributed by atoms with Crippen molar-refractivity contribution in [2.45, 2.75) is 61.4 Å². The summed E-state index contributed by atoms with van der Waals surface area (Å²) in [5.41, 5.74) is 0.309. The van der Waals surface area contributed by atoms with Crippen molar-refractivity contribution in [2.75, 3.05) is 13.2 Å². The first-order valence-electron chi connectivity index (χ1n) is 12.6. The average molecular weight is 583 g/mol. The van der Waals surface area contributed by atoms with Crippen molar-refractivity contribution in [1.82, 2.24) is 0 Å². The van der Waals surface area contributed by atoms with E-state index in [1.165, 1.54) is 24.3 Å². The minimum Gasteiger partial charge on any atom is -0.508 e. The van der Waals surface area contributed by atoms with Crippen molar-refractivity contribution in [3.05, 3.63) is 64.8 Å². The molecular formula is C26H30O15. The topological polar surface area (TPSA) is 248 Å². The Labute approximate surface area is 231 Å². The number of fused-ring (bicyclic) bond motifs is 1. The van der Waals surface area contributed by atoms with Gasteiger partial charge in [-0.25, -0.2) is 0 Å². The molecule has 1 aliphatic carbocycles. The van der Waals surface area contributed by atoms with Crippen molar-refractivity contribution < 1.29 is 74.7 Å². The predicted octanol–water partition coefficient (Wildman–Crippen LogP) is -1.73. The highest BCUT2D eigenvalue weighted by Gasteiger charge is 2.50. The number of allylic oxidation sites excluding steroid dienone is 2. The van der Waals surface area contributed by atoms with Gasteiger partial charge < -0.3 is 74.7 Å². The molecule has 0 bridgehead atoms. The third-order valence-corrected chi connectivity index (χ3v) is 7.01. The van der Waals surface area contributed by atoms with Gasteiger partial charge in [0, 0.05) is 23.3 Å². The Hall–Kier alpha value is -3.38. The van der Waals surface area contributed by atoms with Gasteiger partial charge in [0.15, 0.2) is 35.4 Å². The number of ether oxygens (including phenoxy) is 5. The first-order chi connectivity index (χ1) is 19.5. The van der Waals surface area contributed by atoms with Gasteiger partial charge in [-0.1, -0.05) is 0 Å². The molecule has 10 atom stereocenters. The summed E-state index contributed by atoms with van der Waals surface area (Å²) in [5, 5.41) is 101. The Morgan fingerprint density at radius 3 is 2.32 bits per heavy atom.